The smallest absolute Gasteiger partial charge is 0.387 e. The van der Waals surface area contributed by atoms with E-state index in [4.69, 9.17) is 10.5 Å². The molecule has 0 atom stereocenters. The number of hydrogen-bond acceptors (Lipinski definition) is 4. The van der Waals surface area contributed by atoms with Gasteiger partial charge in [-0.1, -0.05) is 25.3 Å². The topological polar surface area (TPSA) is 64.8 Å². The fraction of sp³-hybridized carbons (Fsp3) is 0.650. The van der Waals surface area contributed by atoms with Gasteiger partial charge in [0, 0.05) is 20.0 Å². The molecule has 7 heteroatoms. The lowest BCUT2D eigenvalue weighted by molar-refractivity contribution is -0.133. The first kappa shape index (κ1) is 21.4. The molecule has 1 saturated carbocycles. The molecular formula is C20H30F2N2O3. The van der Waals surface area contributed by atoms with Crippen molar-refractivity contribution in [2.45, 2.75) is 58.6 Å². The molecular weight excluding hydrogens is 354 g/mol. The number of rotatable bonds is 9. The lowest BCUT2D eigenvalue weighted by Gasteiger charge is -2.36. The molecule has 2 rings (SSSR count). The van der Waals surface area contributed by atoms with E-state index in [2.05, 4.69) is 4.74 Å². The Kier molecular flexibility index (Phi) is 7.83. The number of hydrogen-bond donors (Lipinski definition) is 1. The quantitative estimate of drug-likeness (QED) is 0.700. The molecule has 2 N–H and O–H groups in total. The fourth-order valence-electron chi connectivity index (χ4n) is 3.69. The van der Waals surface area contributed by atoms with Gasteiger partial charge in [-0.25, -0.2) is 0 Å². The van der Waals surface area contributed by atoms with E-state index in [0.29, 0.717) is 26.1 Å². The fourth-order valence-corrected chi connectivity index (χ4v) is 3.69. The normalized spacial score (nSPS) is 16.2. The highest BCUT2D eigenvalue weighted by Gasteiger charge is 2.33. The summed E-state index contributed by atoms with van der Waals surface area (Å²) in [7, 11) is 1.75. The number of benzene rings is 1. The van der Waals surface area contributed by atoms with Gasteiger partial charge in [0.25, 0.3) is 0 Å². The van der Waals surface area contributed by atoms with Crippen LogP contribution in [0.2, 0.25) is 0 Å². The Morgan fingerprint density at radius 1 is 1.26 bits per heavy atom. The summed E-state index contributed by atoms with van der Waals surface area (Å²) in [5.41, 5.74) is 6.69. The number of carbonyl (C=O) groups excluding carboxylic acids is 1. The first-order chi connectivity index (χ1) is 12.9. The van der Waals surface area contributed by atoms with E-state index < -0.39 is 6.61 Å². The molecule has 27 heavy (non-hydrogen) atoms. The number of nitrogens with two attached hydrogens (primary N) is 1. The van der Waals surface area contributed by atoms with E-state index in [-0.39, 0.29) is 22.8 Å². The van der Waals surface area contributed by atoms with Gasteiger partial charge in [-0.15, -0.1) is 0 Å². The third-order valence-electron chi connectivity index (χ3n) is 5.24. The van der Waals surface area contributed by atoms with Gasteiger partial charge in [-0.05, 0) is 49.4 Å². The van der Waals surface area contributed by atoms with Gasteiger partial charge in [-0.3, -0.25) is 4.79 Å². The van der Waals surface area contributed by atoms with E-state index in [0.717, 1.165) is 31.2 Å². The second kappa shape index (κ2) is 9.88. The maximum Gasteiger partial charge on any atom is 0.387 e. The van der Waals surface area contributed by atoms with Crippen LogP contribution in [-0.4, -0.2) is 37.6 Å². The Morgan fingerprint density at radius 3 is 2.56 bits per heavy atom. The molecule has 5 nitrogen and oxygen atoms in total. The molecule has 1 amide bonds. The Hall–Kier alpha value is -1.89. The second-order valence-electron chi connectivity index (χ2n) is 7.28. The van der Waals surface area contributed by atoms with Gasteiger partial charge in [0.15, 0.2) is 11.5 Å². The number of ether oxygens (including phenoxy) is 2. The van der Waals surface area contributed by atoms with Crippen LogP contribution in [0.15, 0.2) is 18.2 Å². The number of alkyl halides is 2. The molecule has 0 aromatic heterocycles. The molecule has 0 bridgehead atoms. The summed E-state index contributed by atoms with van der Waals surface area (Å²) in [4.78, 5) is 14.4. The van der Waals surface area contributed by atoms with E-state index >= 15 is 0 Å². The summed E-state index contributed by atoms with van der Waals surface area (Å²) in [6.07, 6.45) is 5.90. The molecule has 1 aromatic carbocycles. The van der Waals surface area contributed by atoms with Crippen molar-refractivity contribution in [3.8, 4) is 11.5 Å². The maximum atomic E-state index is 12.7. The van der Waals surface area contributed by atoms with Crippen molar-refractivity contribution < 1.29 is 23.0 Å². The first-order valence-corrected chi connectivity index (χ1v) is 9.53. The van der Waals surface area contributed by atoms with Crippen LogP contribution in [0, 0.1) is 5.41 Å². The average Bonchev–Trinajstić information content (AvgIpc) is 2.64. The predicted octanol–water partition coefficient (Wildman–Crippen LogP) is 3.94. The van der Waals surface area contributed by atoms with Crippen LogP contribution in [0.25, 0.3) is 0 Å². The molecule has 0 radical (unpaired) electrons. The highest BCUT2D eigenvalue weighted by atomic mass is 19.3. The Balaban J connectivity index is 2.04. The third-order valence-corrected chi connectivity index (χ3v) is 5.24. The lowest BCUT2D eigenvalue weighted by Crippen LogP contribution is -2.39. The van der Waals surface area contributed by atoms with Crippen molar-refractivity contribution in [3.63, 3.8) is 0 Å². The van der Waals surface area contributed by atoms with Crippen molar-refractivity contribution in [1.29, 1.82) is 0 Å². The molecule has 1 fully saturated rings. The summed E-state index contributed by atoms with van der Waals surface area (Å²) in [5.74, 6) is 0.295. The third kappa shape index (κ3) is 6.06. The summed E-state index contributed by atoms with van der Waals surface area (Å²) >= 11 is 0. The zero-order chi connectivity index (χ0) is 19.9. The summed E-state index contributed by atoms with van der Waals surface area (Å²) in [5, 5.41) is 0. The highest BCUT2D eigenvalue weighted by molar-refractivity contribution is 5.76. The van der Waals surface area contributed by atoms with Crippen molar-refractivity contribution in [2.75, 3.05) is 20.2 Å². The molecule has 0 unspecified atom stereocenters. The van der Waals surface area contributed by atoms with Crippen LogP contribution in [0.5, 0.6) is 11.5 Å². The van der Waals surface area contributed by atoms with E-state index in [1.165, 1.54) is 12.5 Å². The molecule has 0 spiro atoms. The lowest BCUT2D eigenvalue weighted by atomic mass is 9.71. The molecule has 0 heterocycles. The SMILES string of the molecule is CCOc1cc(CN(C)C(=O)CC2(CN)CCCCC2)ccc1OC(F)F. The van der Waals surface area contributed by atoms with Gasteiger partial charge in [-0.2, -0.15) is 8.78 Å². The van der Waals surface area contributed by atoms with Crippen LogP contribution in [0.1, 0.15) is 51.0 Å². The highest BCUT2D eigenvalue weighted by Crippen LogP contribution is 2.39. The van der Waals surface area contributed by atoms with Crippen LogP contribution in [0.4, 0.5) is 8.78 Å². The van der Waals surface area contributed by atoms with E-state index in [9.17, 15) is 13.6 Å². The van der Waals surface area contributed by atoms with Crippen molar-refractivity contribution >= 4 is 5.91 Å². The van der Waals surface area contributed by atoms with Gasteiger partial charge in [0.1, 0.15) is 0 Å². The minimum atomic E-state index is -2.91. The van der Waals surface area contributed by atoms with Crippen molar-refractivity contribution in [1.82, 2.24) is 4.90 Å². The minimum Gasteiger partial charge on any atom is -0.490 e. The number of nitrogens with zero attached hydrogens (tertiary/aromatic N) is 1. The van der Waals surface area contributed by atoms with Crippen molar-refractivity contribution in [3.05, 3.63) is 23.8 Å². The van der Waals surface area contributed by atoms with Gasteiger partial charge in [0.2, 0.25) is 5.91 Å². The molecule has 0 saturated heterocycles. The predicted molar refractivity (Wildman–Crippen MR) is 99.9 cm³/mol. The summed E-state index contributed by atoms with van der Waals surface area (Å²) < 4.78 is 34.9. The monoisotopic (exact) mass is 384 g/mol. The van der Waals surface area contributed by atoms with Crippen LogP contribution in [0.3, 0.4) is 0 Å². The number of carbonyl (C=O) groups is 1. The zero-order valence-electron chi connectivity index (χ0n) is 16.2. The summed E-state index contributed by atoms with van der Waals surface area (Å²) in [6, 6.07) is 4.76. The summed E-state index contributed by atoms with van der Waals surface area (Å²) in [6.45, 7) is 0.0825. The van der Waals surface area contributed by atoms with Crippen LogP contribution in [-0.2, 0) is 11.3 Å². The van der Waals surface area contributed by atoms with Crippen LogP contribution >= 0.6 is 0 Å². The molecule has 1 aromatic rings. The molecule has 1 aliphatic rings. The van der Waals surface area contributed by atoms with E-state index in [1.807, 2.05) is 0 Å². The zero-order valence-corrected chi connectivity index (χ0v) is 16.2. The van der Waals surface area contributed by atoms with Crippen molar-refractivity contribution in [2.24, 2.45) is 11.1 Å². The Labute approximate surface area is 159 Å². The van der Waals surface area contributed by atoms with Crippen LogP contribution < -0.4 is 15.2 Å². The first-order valence-electron chi connectivity index (χ1n) is 9.53. The average molecular weight is 384 g/mol. The Bertz CT molecular complexity index is 619. The van der Waals surface area contributed by atoms with E-state index in [1.54, 1.807) is 31.0 Å². The molecule has 1 aliphatic carbocycles. The number of halogens is 2. The standard InChI is InChI=1S/C20H30F2N2O3/c1-3-26-17-11-15(7-8-16(17)27-19(21)22)13-24(2)18(25)12-20(14-23)9-5-4-6-10-20/h7-8,11,19H,3-6,9-10,12-14,23H2,1-2H3. The molecule has 152 valence electrons. The van der Waals surface area contributed by atoms with Gasteiger partial charge in [0.05, 0.1) is 6.61 Å². The minimum absolute atomic E-state index is 0.00568. The van der Waals surface area contributed by atoms with Gasteiger partial charge < -0.3 is 20.1 Å². The maximum absolute atomic E-state index is 12.7. The largest absolute Gasteiger partial charge is 0.490 e. The Morgan fingerprint density at radius 2 is 1.96 bits per heavy atom. The molecule has 0 aliphatic heterocycles. The number of amides is 1. The van der Waals surface area contributed by atoms with Gasteiger partial charge >= 0.3 is 6.61 Å². The second-order valence-corrected chi connectivity index (χ2v) is 7.28.